The summed E-state index contributed by atoms with van der Waals surface area (Å²) in [7, 11) is 1.73. The van der Waals surface area contributed by atoms with Crippen LogP contribution in [0.2, 0.25) is 0 Å². The van der Waals surface area contributed by atoms with Gasteiger partial charge in [0.05, 0.1) is 7.11 Å². The molecule has 0 fully saturated rings. The van der Waals surface area contributed by atoms with E-state index in [-0.39, 0.29) is 6.04 Å². The van der Waals surface area contributed by atoms with Crippen molar-refractivity contribution in [2.45, 2.75) is 24.8 Å². The summed E-state index contributed by atoms with van der Waals surface area (Å²) in [6.45, 7) is 0. The average molecular weight is 253 g/mol. The molecule has 2 N–H and O–H groups in total. The molecule has 1 aliphatic carbocycles. The second-order valence-corrected chi connectivity index (χ2v) is 5.11. The van der Waals surface area contributed by atoms with Crippen LogP contribution in [0.25, 0.3) is 0 Å². The van der Waals surface area contributed by atoms with Gasteiger partial charge < -0.3 is 10.5 Å². The number of hydrogen-bond donors (Lipinski definition) is 1. The van der Waals surface area contributed by atoms with Gasteiger partial charge in [0.2, 0.25) is 0 Å². The lowest BCUT2D eigenvalue weighted by molar-refractivity contribution is 0.397. The van der Waals surface area contributed by atoms with Crippen molar-refractivity contribution in [2.24, 2.45) is 5.73 Å². The normalized spacial score (nSPS) is 21.8. The maximum absolute atomic E-state index is 6.49. The van der Waals surface area contributed by atoms with Gasteiger partial charge in [-0.1, -0.05) is 42.5 Å². The van der Waals surface area contributed by atoms with Crippen LogP contribution in [0.3, 0.4) is 0 Å². The molecular weight excluding hydrogens is 234 g/mol. The van der Waals surface area contributed by atoms with E-state index < -0.39 is 0 Å². The molecule has 0 bridgehead atoms. The van der Waals surface area contributed by atoms with Crippen molar-refractivity contribution in [1.82, 2.24) is 0 Å². The minimum Gasteiger partial charge on any atom is -0.496 e. The molecule has 0 amide bonds. The van der Waals surface area contributed by atoms with E-state index in [0.29, 0.717) is 5.92 Å². The zero-order chi connectivity index (χ0) is 13.2. The molecule has 0 aromatic heterocycles. The maximum Gasteiger partial charge on any atom is 0.122 e. The molecule has 2 aromatic carbocycles. The molecule has 0 radical (unpaired) electrons. The van der Waals surface area contributed by atoms with Crippen LogP contribution in [0.4, 0.5) is 0 Å². The van der Waals surface area contributed by atoms with Gasteiger partial charge in [-0.3, -0.25) is 0 Å². The van der Waals surface area contributed by atoms with E-state index in [1.807, 2.05) is 12.1 Å². The first-order valence-corrected chi connectivity index (χ1v) is 6.77. The second-order valence-electron chi connectivity index (χ2n) is 5.11. The van der Waals surface area contributed by atoms with Crippen LogP contribution < -0.4 is 10.5 Å². The Morgan fingerprint density at radius 3 is 2.58 bits per heavy atom. The lowest BCUT2D eigenvalue weighted by atomic mass is 9.76. The molecule has 1 aliphatic rings. The quantitative estimate of drug-likeness (QED) is 0.890. The molecule has 2 atom stereocenters. The highest BCUT2D eigenvalue weighted by Crippen LogP contribution is 2.42. The Labute approximate surface area is 114 Å². The smallest absolute Gasteiger partial charge is 0.122 e. The van der Waals surface area contributed by atoms with Crippen LogP contribution >= 0.6 is 0 Å². The molecule has 0 saturated heterocycles. The number of fused-ring (bicyclic) bond motifs is 1. The Morgan fingerprint density at radius 1 is 1.05 bits per heavy atom. The van der Waals surface area contributed by atoms with E-state index in [4.69, 9.17) is 10.5 Å². The third kappa shape index (κ3) is 2.13. The van der Waals surface area contributed by atoms with E-state index >= 15 is 0 Å². The molecule has 0 aliphatic heterocycles. The number of methoxy groups -OCH3 is 1. The summed E-state index contributed by atoms with van der Waals surface area (Å²) >= 11 is 0. The Balaban J connectivity index is 1.99. The SMILES string of the molecule is COc1cccc2c1CC[C@H](c1ccccc1)[C@@H]2N. The van der Waals surface area contributed by atoms with Gasteiger partial charge in [0, 0.05) is 12.0 Å². The monoisotopic (exact) mass is 253 g/mol. The lowest BCUT2D eigenvalue weighted by Gasteiger charge is -2.32. The molecule has 0 unspecified atom stereocenters. The Morgan fingerprint density at radius 2 is 1.84 bits per heavy atom. The van der Waals surface area contributed by atoms with Crippen molar-refractivity contribution >= 4 is 0 Å². The minimum atomic E-state index is 0.0567. The molecule has 2 heteroatoms. The number of rotatable bonds is 2. The average Bonchev–Trinajstić information content (AvgIpc) is 2.48. The number of hydrogen-bond acceptors (Lipinski definition) is 2. The summed E-state index contributed by atoms with van der Waals surface area (Å²) in [5.41, 5.74) is 10.3. The first-order chi connectivity index (χ1) is 9.31. The lowest BCUT2D eigenvalue weighted by Crippen LogP contribution is -2.26. The summed E-state index contributed by atoms with van der Waals surface area (Å²) in [4.78, 5) is 0. The van der Waals surface area contributed by atoms with Gasteiger partial charge in [0.1, 0.15) is 5.75 Å². The Bertz CT molecular complexity index is 565. The van der Waals surface area contributed by atoms with Crippen LogP contribution in [0.5, 0.6) is 5.75 Å². The molecule has 0 spiro atoms. The summed E-state index contributed by atoms with van der Waals surface area (Å²) in [5.74, 6) is 1.38. The summed E-state index contributed by atoms with van der Waals surface area (Å²) in [6.07, 6.45) is 2.12. The highest BCUT2D eigenvalue weighted by atomic mass is 16.5. The highest BCUT2D eigenvalue weighted by molar-refractivity contribution is 5.45. The van der Waals surface area contributed by atoms with E-state index in [1.54, 1.807) is 7.11 Å². The number of nitrogens with two attached hydrogens (primary N) is 1. The minimum absolute atomic E-state index is 0.0567. The molecular formula is C17H19NO. The number of ether oxygens (including phenoxy) is 1. The summed E-state index contributed by atoms with van der Waals surface area (Å²) < 4.78 is 5.45. The fraction of sp³-hybridized carbons (Fsp3) is 0.294. The van der Waals surface area contributed by atoms with Crippen LogP contribution in [-0.2, 0) is 6.42 Å². The van der Waals surface area contributed by atoms with E-state index in [9.17, 15) is 0 Å². The first-order valence-electron chi connectivity index (χ1n) is 6.77. The largest absolute Gasteiger partial charge is 0.496 e. The van der Waals surface area contributed by atoms with Crippen molar-refractivity contribution in [2.75, 3.05) is 7.11 Å². The molecule has 19 heavy (non-hydrogen) atoms. The summed E-state index contributed by atoms with van der Waals surface area (Å²) in [5, 5.41) is 0. The third-order valence-corrected chi connectivity index (χ3v) is 4.11. The van der Waals surface area contributed by atoms with Gasteiger partial charge in [-0.15, -0.1) is 0 Å². The standard InChI is InChI=1S/C17H19NO/c1-19-16-9-5-8-15-14(16)11-10-13(17(15)18)12-6-3-2-4-7-12/h2-9,13,17H,10-11,18H2,1H3/t13-,17+/m1/s1. The first kappa shape index (κ1) is 12.2. The third-order valence-electron chi connectivity index (χ3n) is 4.11. The van der Waals surface area contributed by atoms with E-state index in [0.717, 1.165) is 18.6 Å². The molecule has 0 saturated carbocycles. The zero-order valence-corrected chi connectivity index (χ0v) is 11.2. The van der Waals surface area contributed by atoms with Crippen LogP contribution in [0, 0.1) is 0 Å². The van der Waals surface area contributed by atoms with Crippen LogP contribution in [-0.4, -0.2) is 7.11 Å². The number of benzene rings is 2. The van der Waals surface area contributed by atoms with Gasteiger partial charge in [-0.05, 0) is 35.6 Å². The Kier molecular flexibility index (Phi) is 3.26. The van der Waals surface area contributed by atoms with Gasteiger partial charge >= 0.3 is 0 Å². The molecule has 2 aromatic rings. The van der Waals surface area contributed by atoms with Gasteiger partial charge in [-0.2, -0.15) is 0 Å². The highest BCUT2D eigenvalue weighted by Gasteiger charge is 2.29. The van der Waals surface area contributed by atoms with Crippen molar-refractivity contribution < 1.29 is 4.74 Å². The summed E-state index contributed by atoms with van der Waals surface area (Å²) in [6, 6.07) is 16.8. The van der Waals surface area contributed by atoms with Gasteiger partial charge in [-0.25, -0.2) is 0 Å². The van der Waals surface area contributed by atoms with E-state index in [1.165, 1.54) is 16.7 Å². The van der Waals surface area contributed by atoms with Gasteiger partial charge in [0.25, 0.3) is 0 Å². The maximum atomic E-state index is 6.49. The zero-order valence-electron chi connectivity index (χ0n) is 11.2. The second kappa shape index (κ2) is 5.06. The van der Waals surface area contributed by atoms with Gasteiger partial charge in [0.15, 0.2) is 0 Å². The molecule has 0 heterocycles. The van der Waals surface area contributed by atoms with E-state index in [2.05, 4.69) is 36.4 Å². The molecule has 2 nitrogen and oxygen atoms in total. The predicted molar refractivity (Wildman–Crippen MR) is 77.4 cm³/mol. The predicted octanol–water partition coefficient (Wildman–Crippen LogP) is 3.43. The molecule has 98 valence electrons. The van der Waals surface area contributed by atoms with Crippen molar-refractivity contribution in [3.05, 3.63) is 65.2 Å². The van der Waals surface area contributed by atoms with Crippen molar-refractivity contribution in [1.29, 1.82) is 0 Å². The fourth-order valence-electron chi connectivity index (χ4n) is 3.12. The Hall–Kier alpha value is -1.80. The van der Waals surface area contributed by atoms with Crippen LogP contribution in [0.1, 0.15) is 35.1 Å². The fourth-order valence-corrected chi connectivity index (χ4v) is 3.12. The topological polar surface area (TPSA) is 35.2 Å². The van der Waals surface area contributed by atoms with Crippen molar-refractivity contribution in [3.63, 3.8) is 0 Å². The molecule has 3 rings (SSSR count). The van der Waals surface area contributed by atoms with Crippen molar-refractivity contribution in [3.8, 4) is 5.75 Å². The van der Waals surface area contributed by atoms with Crippen LogP contribution in [0.15, 0.2) is 48.5 Å².